The monoisotopic (exact) mass is 274 g/mol. The standard InChI is InChI=1S/C14H14N2O2S/c15-14(19)16-12-7-6-11(8-13(12)17)18-9-10-4-2-1-3-5-10/h1-8,17H,9H2,(H3,15,16,19). The minimum atomic E-state index is 0.0401. The Bertz CT molecular complexity index is 573. The lowest BCUT2D eigenvalue weighted by Gasteiger charge is -2.10. The number of phenolic OH excluding ortho intramolecular Hbond substituents is 1. The van der Waals surface area contributed by atoms with Crippen LogP contribution < -0.4 is 15.8 Å². The molecule has 0 aromatic heterocycles. The number of phenols is 1. The average Bonchev–Trinajstić information content (AvgIpc) is 2.40. The highest BCUT2D eigenvalue weighted by atomic mass is 32.1. The molecule has 0 spiro atoms. The number of thiocarbonyl (C=S) groups is 1. The van der Waals surface area contributed by atoms with Crippen LogP contribution in [0.4, 0.5) is 5.69 Å². The maximum absolute atomic E-state index is 9.78. The molecule has 0 unspecified atom stereocenters. The van der Waals surface area contributed by atoms with Gasteiger partial charge in [0.2, 0.25) is 0 Å². The number of hydrogen-bond donors (Lipinski definition) is 3. The van der Waals surface area contributed by atoms with E-state index in [4.69, 9.17) is 22.7 Å². The van der Waals surface area contributed by atoms with Crippen molar-refractivity contribution in [3.63, 3.8) is 0 Å². The Hall–Kier alpha value is -2.27. The van der Waals surface area contributed by atoms with Crippen molar-refractivity contribution >= 4 is 23.0 Å². The van der Waals surface area contributed by atoms with Crippen molar-refractivity contribution < 1.29 is 9.84 Å². The predicted octanol–water partition coefficient (Wildman–Crippen LogP) is 2.63. The van der Waals surface area contributed by atoms with Gasteiger partial charge in [0.15, 0.2) is 5.11 Å². The summed E-state index contributed by atoms with van der Waals surface area (Å²) in [5.41, 5.74) is 6.86. The Labute approximate surface area is 116 Å². The summed E-state index contributed by atoms with van der Waals surface area (Å²) in [7, 11) is 0. The number of nitrogens with two attached hydrogens (primary N) is 1. The van der Waals surface area contributed by atoms with Crippen LogP contribution in [0.1, 0.15) is 5.56 Å². The maximum atomic E-state index is 9.78. The SMILES string of the molecule is NC(=S)Nc1ccc(OCc2ccccc2)cc1O. The van der Waals surface area contributed by atoms with E-state index in [1.165, 1.54) is 6.07 Å². The molecule has 0 fully saturated rings. The van der Waals surface area contributed by atoms with E-state index in [0.717, 1.165) is 5.56 Å². The highest BCUT2D eigenvalue weighted by Crippen LogP contribution is 2.28. The summed E-state index contributed by atoms with van der Waals surface area (Å²) in [5, 5.41) is 12.6. The number of benzene rings is 2. The van der Waals surface area contributed by atoms with E-state index >= 15 is 0 Å². The summed E-state index contributed by atoms with van der Waals surface area (Å²) in [6.07, 6.45) is 0. The number of hydrogen-bond acceptors (Lipinski definition) is 3. The first-order valence-corrected chi connectivity index (χ1v) is 6.12. The fourth-order valence-electron chi connectivity index (χ4n) is 1.58. The summed E-state index contributed by atoms with van der Waals surface area (Å²) >= 11 is 4.71. The highest BCUT2D eigenvalue weighted by Gasteiger charge is 2.04. The third-order valence-corrected chi connectivity index (χ3v) is 2.58. The Morgan fingerprint density at radius 3 is 2.58 bits per heavy atom. The minimum absolute atomic E-state index is 0.0401. The van der Waals surface area contributed by atoms with Crippen LogP contribution in [0, 0.1) is 0 Å². The lowest BCUT2D eigenvalue weighted by molar-refractivity contribution is 0.304. The summed E-state index contributed by atoms with van der Waals surface area (Å²) in [6.45, 7) is 0.447. The van der Waals surface area contributed by atoms with Crippen molar-refractivity contribution in [3.05, 3.63) is 54.1 Å². The van der Waals surface area contributed by atoms with Gasteiger partial charge in [0.05, 0.1) is 5.69 Å². The van der Waals surface area contributed by atoms with Gasteiger partial charge in [0.1, 0.15) is 18.1 Å². The number of nitrogens with one attached hydrogen (secondary N) is 1. The second kappa shape index (κ2) is 6.06. The van der Waals surface area contributed by atoms with E-state index in [9.17, 15) is 5.11 Å². The lowest BCUT2D eigenvalue weighted by atomic mass is 10.2. The molecule has 0 radical (unpaired) electrons. The van der Waals surface area contributed by atoms with Crippen LogP contribution in [0.3, 0.4) is 0 Å². The second-order valence-corrected chi connectivity index (χ2v) is 4.38. The van der Waals surface area contributed by atoms with E-state index in [1.54, 1.807) is 12.1 Å². The molecule has 5 heteroatoms. The first kappa shape index (κ1) is 13.2. The van der Waals surface area contributed by atoms with Crippen LogP contribution in [0.2, 0.25) is 0 Å². The third kappa shape index (κ3) is 3.86. The summed E-state index contributed by atoms with van der Waals surface area (Å²) < 4.78 is 5.58. The molecular weight excluding hydrogens is 260 g/mol. The predicted molar refractivity (Wildman–Crippen MR) is 79.3 cm³/mol. The zero-order valence-electron chi connectivity index (χ0n) is 10.2. The van der Waals surface area contributed by atoms with Gasteiger partial charge in [-0.1, -0.05) is 30.3 Å². The lowest BCUT2D eigenvalue weighted by Crippen LogP contribution is -2.18. The molecule has 0 aliphatic rings. The van der Waals surface area contributed by atoms with Gasteiger partial charge in [-0.2, -0.15) is 0 Å². The van der Waals surface area contributed by atoms with Gasteiger partial charge in [-0.3, -0.25) is 0 Å². The summed E-state index contributed by atoms with van der Waals surface area (Å²) in [6, 6.07) is 14.7. The Morgan fingerprint density at radius 1 is 1.21 bits per heavy atom. The number of aromatic hydroxyl groups is 1. The van der Waals surface area contributed by atoms with Crippen molar-refractivity contribution in [2.24, 2.45) is 5.73 Å². The smallest absolute Gasteiger partial charge is 0.168 e. The van der Waals surface area contributed by atoms with Gasteiger partial charge >= 0.3 is 0 Å². The molecule has 2 aromatic carbocycles. The van der Waals surface area contributed by atoms with Crippen molar-refractivity contribution in [1.29, 1.82) is 0 Å². The molecule has 0 aliphatic carbocycles. The molecule has 0 heterocycles. The van der Waals surface area contributed by atoms with Gasteiger partial charge in [-0.25, -0.2) is 0 Å². The Morgan fingerprint density at radius 2 is 1.95 bits per heavy atom. The maximum Gasteiger partial charge on any atom is 0.168 e. The molecular formula is C14H14N2O2S. The van der Waals surface area contributed by atoms with Crippen molar-refractivity contribution in [2.45, 2.75) is 6.61 Å². The van der Waals surface area contributed by atoms with E-state index in [-0.39, 0.29) is 10.9 Å². The molecule has 0 bridgehead atoms. The normalized spacial score (nSPS) is 9.89. The first-order valence-electron chi connectivity index (χ1n) is 5.71. The number of rotatable bonds is 4. The molecule has 4 N–H and O–H groups in total. The van der Waals surface area contributed by atoms with Crippen LogP contribution in [0.15, 0.2) is 48.5 Å². The quantitative estimate of drug-likeness (QED) is 0.591. The fourth-order valence-corrected chi connectivity index (χ4v) is 1.69. The van der Waals surface area contributed by atoms with Gasteiger partial charge in [-0.05, 0) is 29.9 Å². The molecule has 4 nitrogen and oxygen atoms in total. The zero-order valence-corrected chi connectivity index (χ0v) is 11.0. The van der Waals surface area contributed by atoms with E-state index in [1.807, 2.05) is 30.3 Å². The van der Waals surface area contributed by atoms with Crippen molar-refractivity contribution in [3.8, 4) is 11.5 Å². The molecule has 0 saturated carbocycles. The fraction of sp³-hybridized carbons (Fsp3) is 0.0714. The minimum Gasteiger partial charge on any atom is -0.506 e. The number of anilines is 1. The van der Waals surface area contributed by atoms with Crippen LogP contribution >= 0.6 is 12.2 Å². The van der Waals surface area contributed by atoms with Crippen molar-refractivity contribution in [2.75, 3.05) is 5.32 Å². The molecule has 98 valence electrons. The first-order chi connectivity index (χ1) is 9.15. The third-order valence-electron chi connectivity index (χ3n) is 2.48. The molecule has 2 aromatic rings. The van der Waals surface area contributed by atoms with E-state index in [0.29, 0.717) is 18.0 Å². The van der Waals surface area contributed by atoms with Crippen molar-refractivity contribution in [1.82, 2.24) is 0 Å². The molecule has 2 rings (SSSR count). The van der Waals surface area contributed by atoms with Gasteiger partial charge in [0.25, 0.3) is 0 Å². The molecule has 0 aliphatic heterocycles. The Kier molecular flexibility index (Phi) is 4.20. The molecule has 0 amide bonds. The van der Waals surface area contributed by atoms with Crippen LogP contribution in [-0.4, -0.2) is 10.2 Å². The van der Waals surface area contributed by atoms with Gasteiger partial charge < -0.3 is 20.9 Å². The molecule has 0 saturated heterocycles. The largest absolute Gasteiger partial charge is 0.506 e. The Balaban J connectivity index is 2.02. The van der Waals surface area contributed by atoms with Crippen LogP contribution in [0.5, 0.6) is 11.5 Å². The second-order valence-electron chi connectivity index (χ2n) is 3.94. The molecule has 0 atom stereocenters. The topological polar surface area (TPSA) is 67.5 Å². The van der Waals surface area contributed by atoms with Gasteiger partial charge in [-0.15, -0.1) is 0 Å². The van der Waals surface area contributed by atoms with Crippen LogP contribution in [-0.2, 0) is 6.61 Å². The average molecular weight is 274 g/mol. The number of ether oxygens (including phenoxy) is 1. The molecule has 19 heavy (non-hydrogen) atoms. The zero-order chi connectivity index (χ0) is 13.7. The van der Waals surface area contributed by atoms with Gasteiger partial charge in [0, 0.05) is 6.07 Å². The summed E-state index contributed by atoms with van der Waals surface area (Å²) in [5.74, 6) is 0.619. The van der Waals surface area contributed by atoms with E-state index in [2.05, 4.69) is 5.32 Å². The highest BCUT2D eigenvalue weighted by molar-refractivity contribution is 7.80. The van der Waals surface area contributed by atoms with E-state index < -0.39 is 0 Å². The summed E-state index contributed by atoms with van der Waals surface area (Å²) in [4.78, 5) is 0. The van der Waals surface area contributed by atoms with Crippen LogP contribution in [0.25, 0.3) is 0 Å².